The van der Waals surface area contributed by atoms with E-state index in [9.17, 15) is 9.59 Å². The summed E-state index contributed by atoms with van der Waals surface area (Å²) in [6, 6.07) is 14.5. The molecule has 0 aliphatic carbocycles. The molecule has 1 amide bonds. The minimum atomic E-state index is -0.492. The molecule has 0 spiro atoms. The molecule has 0 atom stereocenters. The summed E-state index contributed by atoms with van der Waals surface area (Å²) in [6.45, 7) is 3.78. The van der Waals surface area contributed by atoms with Crippen molar-refractivity contribution in [3.8, 4) is 16.9 Å². The average Bonchev–Trinajstić information content (AvgIpc) is 3.12. The van der Waals surface area contributed by atoms with Crippen LogP contribution in [0.5, 0.6) is 5.75 Å². The van der Waals surface area contributed by atoms with Gasteiger partial charge in [0, 0.05) is 16.0 Å². The highest BCUT2D eigenvalue weighted by Crippen LogP contribution is 2.36. The van der Waals surface area contributed by atoms with Crippen molar-refractivity contribution in [2.75, 3.05) is 18.5 Å². The van der Waals surface area contributed by atoms with E-state index in [2.05, 4.69) is 5.32 Å². The van der Waals surface area contributed by atoms with Crippen molar-refractivity contribution in [2.24, 2.45) is 0 Å². The third-order valence-corrected chi connectivity index (χ3v) is 5.22. The van der Waals surface area contributed by atoms with Gasteiger partial charge < -0.3 is 14.8 Å². The number of esters is 1. The number of hydrogen-bond donors (Lipinski definition) is 1. The molecule has 3 rings (SSSR count). The van der Waals surface area contributed by atoms with Crippen molar-refractivity contribution >= 4 is 39.8 Å². The van der Waals surface area contributed by atoms with E-state index < -0.39 is 5.97 Å². The van der Waals surface area contributed by atoms with E-state index in [1.54, 1.807) is 31.2 Å². The molecule has 0 radical (unpaired) electrons. The van der Waals surface area contributed by atoms with Crippen LogP contribution < -0.4 is 10.1 Å². The van der Waals surface area contributed by atoms with E-state index in [0.29, 0.717) is 26.9 Å². The van der Waals surface area contributed by atoms with Crippen molar-refractivity contribution in [1.29, 1.82) is 0 Å². The highest BCUT2D eigenvalue weighted by Gasteiger charge is 2.23. The number of anilines is 1. The Morgan fingerprint density at radius 3 is 2.41 bits per heavy atom. The van der Waals surface area contributed by atoms with Gasteiger partial charge in [-0.3, -0.25) is 4.79 Å². The predicted molar refractivity (Wildman–Crippen MR) is 116 cm³/mol. The fourth-order valence-corrected chi connectivity index (χ4v) is 3.74. The standard InChI is InChI=1S/C22H20ClNO4S/c1-3-27-22(26)20-18(15-6-8-16(23)9-7-15)13-29-21(20)24-19(25)12-28-17-10-4-14(2)5-11-17/h4-11,13H,3,12H2,1-2H3,(H,24,25). The van der Waals surface area contributed by atoms with Gasteiger partial charge in [-0.1, -0.05) is 41.4 Å². The number of ether oxygens (including phenoxy) is 2. The average molecular weight is 430 g/mol. The van der Waals surface area contributed by atoms with Gasteiger partial charge in [0.1, 0.15) is 16.3 Å². The summed E-state index contributed by atoms with van der Waals surface area (Å²) in [4.78, 5) is 24.9. The molecule has 0 aliphatic rings. The van der Waals surface area contributed by atoms with E-state index in [0.717, 1.165) is 11.1 Å². The molecular weight excluding hydrogens is 410 g/mol. The van der Waals surface area contributed by atoms with Crippen LogP contribution in [-0.2, 0) is 9.53 Å². The molecule has 29 heavy (non-hydrogen) atoms. The van der Waals surface area contributed by atoms with Crippen LogP contribution in [-0.4, -0.2) is 25.1 Å². The van der Waals surface area contributed by atoms with Gasteiger partial charge in [-0.15, -0.1) is 11.3 Å². The molecule has 0 saturated heterocycles. The number of carbonyl (C=O) groups excluding carboxylic acids is 2. The third kappa shape index (κ3) is 5.37. The van der Waals surface area contributed by atoms with Crippen molar-refractivity contribution in [1.82, 2.24) is 0 Å². The largest absolute Gasteiger partial charge is 0.484 e. The Labute approximate surface area is 178 Å². The second kappa shape index (κ2) is 9.58. The molecule has 0 aliphatic heterocycles. The van der Waals surface area contributed by atoms with Gasteiger partial charge in [0.2, 0.25) is 0 Å². The van der Waals surface area contributed by atoms with E-state index in [-0.39, 0.29) is 19.1 Å². The number of halogens is 1. The fraction of sp³-hybridized carbons (Fsp3) is 0.182. The minimum absolute atomic E-state index is 0.167. The van der Waals surface area contributed by atoms with Crippen LogP contribution >= 0.6 is 22.9 Å². The van der Waals surface area contributed by atoms with Gasteiger partial charge in [-0.25, -0.2) is 4.79 Å². The maximum Gasteiger partial charge on any atom is 0.341 e. The van der Waals surface area contributed by atoms with Gasteiger partial charge in [0.25, 0.3) is 5.91 Å². The molecule has 2 aromatic carbocycles. The van der Waals surface area contributed by atoms with Gasteiger partial charge >= 0.3 is 5.97 Å². The van der Waals surface area contributed by atoms with Crippen molar-refractivity contribution in [3.05, 3.63) is 70.1 Å². The predicted octanol–water partition coefficient (Wildman–Crippen LogP) is 5.57. The van der Waals surface area contributed by atoms with Crippen LogP contribution in [0.1, 0.15) is 22.8 Å². The number of aryl methyl sites for hydroxylation is 1. The van der Waals surface area contributed by atoms with Crippen LogP contribution in [0.4, 0.5) is 5.00 Å². The lowest BCUT2D eigenvalue weighted by Crippen LogP contribution is -2.21. The summed E-state index contributed by atoms with van der Waals surface area (Å²) in [5.41, 5.74) is 2.92. The topological polar surface area (TPSA) is 64.6 Å². The molecule has 3 aromatic rings. The Morgan fingerprint density at radius 2 is 1.76 bits per heavy atom. The third-order valence-electron chi connectivity index (χ3n) is 4.07. The summed E-state index contributed by atoms with van der Waals surface area (Å²) >= 11 is 7.22. The molecule has 5 nitrogen and oxygen atoms in total. The van der Waals surface area contributed by atoms with Gasteiger partial charge in [0.15, 0.2) is 6.61 Å². The SMILES string of the molecule is CCOC(=O)c1c(-c2ccc(Cl)cc2)csc1NC(=O)COc1ccc(C)cc1. The lowest BCUT2D eigenvalue weighted by molar-refractivity contribution is -0.118. The number of nitrogens with one attached hydrogen (secondary N) is 1. The summed E-state index contributed by atoms with van der Waals surface area (Å²) in [5, 5.41) is 5.59. The number of rotatable bonds is 7. The molecule has 1 N–H and O–H groups in total. The van der Waals surface area contributed by atoms with Crippen LogP contribution in [0.3, 0.4) is 0 Å². The Bertz CT molecular complexity index is 997. The first-order valence-electron chi connectivity index (χ1n) is 9.01. The van der Waals surface area contributed by atoms with E-state index in [1.165, 1.54) is 11.3 Å². The van der Waals surface area contributed by atoms with Crippen LogP contribution in [0.15, 0.2) is 53.9 Å². The fourth-order valence-electron chi connectivity index (χ4n) is 2.64. The molecule has 150 valence electrons. The zero-order valence-corrected chi connectivity index (χ0v) is 17.6. The van der Waals surface area contributed by atoms with Crippen molar-refractivity contribution < 1.29 is 19.1 Å². The molecule has 0 fully saturated rings. The molecule has 0 unspecified atom stereocenters. The molecular formula is C22H20ClNO4S. The minimum Gasteiger partial charge on any atom is -0.484 e. The highest BCUT2D eigenvalue weighted by atomic mass is 35.5. The molecule has 7 heteroatoms. The summed E-state index contributed by atoms with van der Waals surface area (Å²) in [6.07, 6.45) is 0. The Balaban J connectivity index is 1.78. The highest BCUT2D eigenvalue weighted by molar-refractivity contribution is 7.15. The number of benzene rings is 2. The normalized spacial score (nSPS) is 10.4. The van der Waals surface area contributed by atoms with Gasteiger partial charge in [-0.05, 0) is 43.7 Å². The molecule has 1 aromatic heterocycles. The monoisotopic (exact) mass is 429 g/mol. The van der Waals surface area contributed by atoms with E-state index in [1.807, 2.05) is 36.6 Å². The Morgan fingerprint density at radius 1 is 1.07 bits per heavy atom. The second-order valence-corrected chi connectivity index (χ2v) is 7.55. The Kier molecular flexibility index (Phi) is 6.90. The van der Waals surface area contributed by atoms with E-state index >= 15 is 0 Å². The number of amides is 1. The van der Waals surface area contributed by atoms with E-state index in [4.69, 9.17) is 21.1 Å². The van der Waals surface area contributed by atoms with Crippen LogP contribution in [0.25, 0.3) is 11.1 Å². The lowest BCUT2D eigenvalue weighted by Gasteiger charge is -2.10. The summed E-state index contributed by atoms with van der Waals surface area (Å²) < 4.78 is 10.7. The summed E-state index contributed by atoms with van der Waals surface area (Å²) in [5.74, 6) is -0.251. The lowest BCUT2D eigenvalue weighted by atomic mass is 10.0. The maximum atomic E-state index is 12.6. The molecule has 0 bridgehead atoms. The zero-order valence-electron chi connectivity index (χ0n) is 16.0. The molecule has 0 saturated carbocycles. The first kappa shape index (κ1) is 20.9. The van der Waals surface area contributed by atoms with Crippen molar-refractivity contribution in [3.63, 3.8) is 0 Å². The zero-order chi connectivity index (χ0) is 20.8. The van der Waals surface area contributed by atoms with Crippen molar-refractivity contribution in [2.45, 2.75) is 13.8 Å². The number of carbonyl (C=O) groups is 2. The number of hydrogen-bond acceptors (Lipinski definition) is 5. The molecule has 1 heterocycles. The second-order valence-electron chi connectivity index (χ2n) is 6.23. The first-order chi connectivity index (χ1) is 14.0. The van der Waals surface area contributed by atoms with Gasteiger partial charge in [0.05, 0.1) is 6.61 Å². The summed E-state index contributed by atoms with van der Waals surface area (Å²) in [7, 11) is 0. The van der Waals surface area contributed by atoms with Gasteiger partial charge in [-0.2, -0.15) is 0 Å². The smallest absolute Gasteiger partial charge is 0.341 e. The van der Waals surface area contributed by atoms with Crippen LogP contribution in [0, 0.1) is 6.92 Å². The Hall–Kier alpha value is -2.83. The number of thiophene rings is 1. The van der Waals surface area contributed by atoms with Crippen LogP contribution in [0.2, 0.25) is 5.02 Å². The quantitative estimate of drug-likeness (QED) is 0.498. The first-order valence-corrected chi connectivity index (χ1v) is 10.3. The maximum absolute atomic E-state index is 12.6.